The van der Waals surface area contributed by atoms with E-state index in [2.05, 4.69) is 9.44 Å². The van der Waals surface area contributed by atoms with Crippen LogP contribution in [0, 0.1) is 11.8 Å². The van der Waals surface area contributed by atoms with E-state index < -0.39 is 10.2 Å². The maximum absolute atomic E-state index is 11.5. The zero-order valence-electron chi connectivity index (χ0n) is 9.95. The fourth-order valence-corrected chi connectivity index (χ4v) is 2.24. The number of nitrogens with one attached hydrogen (secondary N) is 2. The lowest BCUT2D eigenvalue weighted by atomic mass is 10.1. The molecule has 0 spiro atoms. The summed E-state index contributed by atoms with van der Waals surface area (Å²) in [5.74, 6) is 0.421. The molecule has 5 nitrogen and oxygen atoms in total. The van der Waals surface area contributed by atoms with Gasteiger partial charge in [-0.3, -0.25) is 0 Å². The minimum Gasteiger partial charge on any atom is -0.330 e. The predicted octanol–water partition coefficient (Wildman–Crippen LogP) is 0.0497. The second-order valence-corrected chi connectivity index (χ2v) is 5.90. The van der Waals surface area contributed by atoms with E-state index in [-0.39, 0.29) is 12.0 Å². The molecule has 0 saturated heterocycles. The average Bonchev–Trinajstić information content (AvgIpc) is 2.13. The fraction of sp³-hybridized carbons (Fsp3) is 1.00. The standard InChI is InChI=1S/C9H23N3O2S/c1-7(2)6-11-15(13,14)12-9(4)8(3)5-10/h7-9,11-12H,5-6,10H2,1-4H3. The quantitative estimate of drug-likeness (QED) is 0.585. The van der Waals surface area contributed by atoms with Gasteiger partial charge >= 0.3 is 0 Å². The van der Waals surface area contributed by atoms with Crippen LogP contribution in [0.4, 0.5) is 0 Å². The first-order valence-corrected chi connectivity index (χ1v) is 6.73. The van der Waals surface area contributed by atoms with Crippen LogP contribution in [-0.2, 0) is 10.2 Å². The smallest absolute Gasteiger partial charge is 0.277 e. The molecule has 0 fully saturated rings. The van der Waals surface area contributed by atoms with Gasteiger partial charge in [-0.25, -0.2) is 4.72 Å². The van der Waals surface area contributed by atoms with Crippen molar-refractivity contribution in [3.63, 3.8) is 0 Å². The van der Waals surface area contributed by atoms with Gasteiger partial charge in [0.15, 0.2) is 0 Å². The van der Waals surface area contributed by atoms with E-state index >= 15 is 0 Å². The molecule has 0 aliphatic heterocycles. The Balaban J connectivity index is 4.14. The van der Waals surface area contributed by atoms with E-state index in [4.69, 9.17) is 5.73 Å². The molecule has 92 valence electrons. The first kappa shape index (κ1) is 14.8. The van der Waals surface area contributed by atoms with Crippen molar-refractivity contribution in [1.29, 1.82) is 0 Å². The van der Waals surface area contributed by atoms with Crippen LogP contribution in [0.2, 0.25) is 0 Å². The summed E-state index contributed by atoms with van der Waals surface area (Å²) >= 11 is 0. The third kappa shape index (κ3) is 6.83. The molecular weight excluding hydrogens is 214 g/mol. The van der Waals surface area contributed by atoms with Crippen molar-refractivity contribution in [1.82, 2.24) is 9.44 Å². The summed E-state index contributed by atoms with van der Waals surface area (Å²) in [6.45, 7) is 8.54. The Kier molecular flexibility index (Phi) is 6.35. The van der Waals surface area contributed by atoms with Crippen molar-refractivity contribution in [2.24, 2.45) is 17.6 Å². The molecule has 2 unspecified atom stereocenters. The van der Waals surface area contributed by atoms with Gasteiger partial charge < -0.3 is 5.73 Å². The molecule has 0 aliphatic rings. The van der Waals surface area contributed by atoms with E-state index in [0.717, 1.165) is 0 Å². The third-order valence-electron chi connectivity index (χ3n) is 2.25. The molecule has 0 saturated carbocycles. The molecule has 0 aromatic rings. The lowest BCUT2D eigenvalue weighted by Gasteiger charge is -2.20. The normalized spacial score (nSPS) is 16.7. The van der Waals surface area contributed by atoms with Crippen molar-refractivity contribution in [2.75, 3.05) is 13.1 Å². The molecule has 0 rings (SSSR count). The summed E-state index contributed by atoms with van der Waals surface area (Å²) in [7, 11) is -3.39. The van der Waals surface area contributed by atoms with Gasteiger partial charge in [0.1, 0.15) is 0 Å². The molecule has 0 aromatic carbocycles. The Morgan fingerprint density at radius 2 is 1.73 bits per heavy atom. The lowest BCUT2D eigenvalue weighted by molar-refractivity contribution is 0.447. The zero-order chi connectivity index (χ0) is 12.1. The summed E-state index contributed by atoms with van der Waals surface area (Å²) in [6.07, 6.45) is 0. The maximum atomic E-state index is 11.5. The van der Waals surface area contributed by atoms with Crippen molar-refractivity contribution >= 4 is 10.2 Å². The Morgan fingerprint density at radius 3 is 2.13 bits per heavy atom. The van der Waals surface area contributed by atoms with Gasteiger partial charge in [0.2, 0.25) is 0 Å². The number of hydrogen-bond donors (Lipinski definition) is 3. The summed E-state index contributed by atoms with van der Waals surface area (Å²) < 4.78 is 28.0. The summed E-state index contributed by atoms with van der Waals surface area (Å²) in [5, 5.41) is 0. The molecule has 0 aliphatic carbocycles. The van der Waals surface area contributed by atoms with Gasteiger partial charge in [-0.1, -0.05) is 20.8 Å². The van der Waals surface area contributed by atoms with E-state index in [0.29, 0.717) is 19.0 Å². The molecule has 2 atom stereocenters. The van der Waals surface area contributed by atoms with E-state index in [1.165, 1.54) is 0 Å². The monoisotopic (exact) mass is 237 g/mol. The van der Waals surface area contributed by atoms with Crippen LogP contribution in [0.5, 0.6) is 0 Å². The summed E-state index contributed by atoms with van der Waals surface area (Å²) in [5.41, 5.74) is 5.46. The molecule has 4 N–H and O–H groups in total. The summed E-state index contributed by atoms with van der Waals surface area (Å²) in [6, 6.07) is -0.153. The van der Waals surface area contributed by atoms with Crippen LogP contribution in [0.3, 0.4) is 0 Å². The molecule has 0 heterocycles. The first-order valence-electron chi connectivity index (χ1n) is 5.25. The molecule has 0 bridgehead atoms. The Morgan fingerprint density at radius 1 is 1.20 bits per heavy atom. The van der Waals surface area contributed by atoms with Crippen molar-refractivity contribution in [3.05, 3.63) is 0 Å². The molecule has 0 amide bonds. The van der Waals surface area contributed by atoms with Gasteiger partial charge in [0, 0.05) is 12.6 Å². The SMILES string of the molecule is CC(C)CNS(=O)(=O)NC(C)C(C)CN. The van der Waals surface area contributed by atoms with Crippen LogP contribution in [-0.4, -0.2) is 27.5 Å². The molecule has 0 aromatic heterocycles. The van der Waals surface area contributed by atoms with Crippen LogP contribution >= 0.6 is 0 Å². The molecule has 15 heavy (non-hydrogen) atoms. The second kappa shape index (κ2) is 6.42. The highest BCUT2D eigenvalue weighted by molar-refractivity contribution is 7.87. The summed E-state index contributed by atoms with van der Waals surface area (Å²) in [4.78, 5) is 0. The molecule has 6 heteroatoms. The van der Waals surface area contributed by atoms with Crippen LogP contribution in [0.25, 0.3) is 0 Å². The van der Waals surface area contributed by atoms with Crippen LogP contribution < -0.4 is 15.2 Å². The molecule has 0 radical (unpaired) electrons. The Bertz CT molecular complexity index is 265. The zero-order valence-corrected chi connectivity index (χ0v) is 10.8. The van der Waals surface area contributed by atoms with Gasteiger partial charge in [0.25, 0.3) is 10.2 Å². The Labute approximate surface area is 93.0 Å². The van der Waals surface area contributed by atoms with Gasteiger partial charge in [-0.2, -0.15) is 13.1 Å². The predicted molar refractivity (Wildman–Crippen MR) is 62.6 cm³/mol. The van der Waals surface area contributed by atoms with Crippen molar-refractivity contribution in [2.45, 2.75) is 33.7 Å². The van der Waals surface area contributed by atoms with Gasteiger partial charge in [-0.15, -0.1) is 0 Å². The highest BCUT2D eigenvalue weighted by atomic mass is 32.2. The maximum Gasteiger partial charge on any atom is 0.277 e. The highest BCUT2D eigenvalue weighted by Crippen LogP contribution is 2.01. The van der Waals surface area contributed by atoms with Crippen molar-refractivity contribution in [3.8, 4) is 0 Å². The number of hydrogen-bond acceptors (Lipinski definition) is 3. The topological polar surface area (TPSA) is 84.2 Å². The highest BCUT2D eigenvalue weighted by Gasteiger charge is 2.17. The minimum absolute atomic E-state index is 0.126. The van der Waals surface area contributed by atoms with Crippen LogP contribution in [0.1, 0.15) is 27.7 Å². The van der Waals surface area contributed by atoms with E-state index in [1.54, 1.807) is 0 Å². The fourth-order valence-electron chi connectivity index (χ4n) is 0.883. The first-order chi connectivity index (χ1) is 6.78. The largest absolute Gasteiger partial charge is 0.330 e. The average molecular weight is 237 g/mol. The Hall–Kier alpha value is -0.170. The third-order valence-corrected chi connectivity index (χ3v) is 3.48. The second-order valence-electron chi connectivity index (χ2n) is 4.37. The molecular formula is C9H23N3O2S. The van der Waals surface area contributed by atoms with E-state index in [9.17, 15) is 8.42 Å². The van der Waals surface area contributed by atoms with Crippen LogP contribution in [0.15, 0.2) is 0 Å². The van der Waals surface area contributed by atoms with E-state index in [1.807, 2.05) is 27.7 Å². The van der Waals surface area contributed by atoms with Crippen molar-refractivity contribution < 1.29 is 8.42 Å². The minimum atomic E-state index is -3.39. The van der Waals surface area contributed by atoms with Gasteiger partial charge in [0.05, 0.1) is 0 Å². The number of nitrogens with two attached hydrogens (primary N) is 1. The number of rotatable bonds is 7. The lowest BCUT2D eigenvalue weighted by Crippen LogP contribution is -2.46. The van der Waals surface area contributed by atoms with Gasteiger partial charge in [-0.05, 0) is 25.3 Å².